The summed E-state index contributed by atoms with van der Waals surface area (Å²) >= 11 is 4.28. The number of nitrogens with zero attached hydrogens (tertiary/aromatic N) is 2. The van der Waals surface area contributed by atoms with Gasteiger partial charge >= 0.3 is 0 Å². The maximum atomic E-state index is 11.0. The van der Waals surface area contributed by atoms with Gasteiger partial charge in [-0.3, -0.25) is 9.36 Å². The maximum Gasteiger partial charge on any atom is 0.170 e. The van der Waals surface area contributed by atoms with Crippen molar-refractivity contribution >= 4 is 18.9 Å². The molecule has 0 spiro atoms. The van der Waals surface area contributed by atoms with E-state index in [1.54, 1.807) is 6.20 Å². The van der Waals surface area contributed by atoms with E-state index in [4.69, 9.17) is 0 Å². The van der Waals surface area contributed by atoms with Crippen LogP contribution < -0.4 is 0 Å². The van der Waals surface area contributed by atoms with Gasteiger partial charge in [-0.2, -0.15) is 0 Å². The molecular formula is C16H12N2OS. The molecule has 0 saturated heterocycles. The Morgan fingerprint density at radius 2 is 1.70 bits per heavy atom. The van der Waals surface area contributed by atoms with Crippen molar-refractivity contribution in [2.24, 2.45) is 0 Å². The predicted molar refractivity (Wildman–Crippen MR) is 81.6 cm³/mol. The van der Waals surface area contributed by atoms with Gasteiger partial charge in [0.1, 0.15) is 11.5 Å². The van der Waals surface area contributed by atoms with Crippen LogP contribution in [0.3, 0.4) is 0 Å². The SMILES string of the molecule is O=Cc1cn(-c2ccc(S)cc2)c(-c2ccccc2)n1. The van der Waals surface area contributed by atoms with Crippen LogP contribution in [0.15, 0.2) is 65.7 Å². The van der Waals surface area contributed by atoms with Gasteiger partial charge in [0, 0.05) is 22.3 Å². The third kappa shape index (κ3) is 2.38. The molecule has 0 unspecified atom stereocenters. The summed E-state index contributed by atoms with van der Waals surface area (Å²) in [4.78, 5) is 16.3. The van der Waals surface area contributed by atoms with Crippen molar-refractivity contribution in [3.05, 3.63) is 66.5 Å². The Balaban J connectivity index is 2.17. The Morgan fingerprint density at radius 1 is 1.00 bits per heavy atom. The molecule has 0 amide bonds. The normalized spacial score (nSPS) is 10.4. The topological polar surface area (TPSA) is 34.9 Å². The van der Waals surface area contributed by atoms with E-state index in [0.29, 0.717) is 5.69 Å². The fourth-order valence-corrected chi connectivity index (χ4v) is 2.21. The van der Waals surface area contributed by atoms with Crippen molar-refractivity contribution in [2.45, 2.75) is 4.90 Å². The average molecular weight is 280 g/mol. The molecule has 0 atom stereocenters. The minimum absolute atomic E-state index is 0.416. The summed E-state index contributed by atoms with van der Waals surface area (Å²) in [6.07, 6.45) is 2.50. The molecule has 0 aliphatic heterocycles. The maximum absolute atomic E-state index is 11.0. The first kappa shape index (κ1) is 12.7. The Labute approximate surface area is 122 Å². The van der Waals surface area contributed by atoms with E-state index in [9.17, 15) is 4.79 Å². The molecule has 1 heterocycles. The molecule has 98 valence electrons. The Kier molecular flexibility index (Phi) is 3.39. The monoisotopic (exact) mass is 280 g/mol. The van der Waals surface area contributed by atoms with E-state index in [0.717, 1.165) is 28.3 Å². The second-order valence-electron chi connectivity index (χ2n) is 4.36. The lowest BCUT2D eigenvalue weighted by Gasteiger charge is -2.07. The molecule has 20 heavy (non-hydrogen) atoms. The molecule has 0 bridgehead atoms. The molecule has 0 radical (unpaired) electrons. The molecular weight excluding hydrogens is 268 g/mol. The molecule has 0 fully saturated rings. The summed E-state index contributed by atoms with van der Waals surface area (Å²) in [7, 11) is 0. The number of rotatable bonds is 3. The highest BCUT2D eigenvalue weighted by Gasteiger charge is 2.10. The second-order valence-corrected chi connectivity index (χ2v) is 4.88. The first-order valence-electron chi connectivity index (χ1n) is 6.17. The average Bonchev–Trinajstić information content (AvgIpc) is 2.93. The molecule has 1 aromatic heterocycles. The van der Waals surface area contributed by atoms with Crippen molar-refractivity contribution in [3.8, 4) is 17.1 Å². The zero-order chi connectivity index (χ0) is 13.9. The van der Waals surface area contributed by atoms with Crippen LogP contribution in [0.1, 0.15) is 10.5 Å². The first-order chi connectivity index (χ1) is 9.78. The summed E-state index contributed by atoms with van der Waals surface area (Å²) < 4.78 is 1.91. The van der Waals surface area contributed by atoms with E-state index in [1.807, 2.05) is 59.2 Å². The highest BCUT2D eigenvalue weighted by molar-refractivity contribution is 7.80. The first-order valence-corrected chi connectivity index (χ1v) is 6.62. The highest BCUT2D eigenvalue weighted by Crippen LogP contribution is 2.23. The summed E-state index contributed by atoms with van der Waals surface area (Å²) in [6.45, 7) is 0. The van der Waals surface area contributed by atoms with Crippen LogP contribution in [0, 0.1) is 0 Å². The van der Waals surface area contributed by atoms with Crippen LogP contribution >= 0.6 is 12.6 Å². The second kappa shape index (κ2) is 5.35. The van der Waals surface area contributed by atoms with Gasteiger partial charge in [-0.1, -0.05) is 30.3 Å². The Morgan fingerprint density at radius 3 is 2.35 bits per heavy atom. The van der Waals surface area contributed by atoms with Crippen LogP contribution in [0.25, 0.3) is 17.1 Å². The van der Waals surface area contributed by atoms with E-state index in [1.165, 1.54) is 0 Å². The van der Waals surface area contributed by atoms with Crippen LogP contribution in [0.2, 0.25) is 0 Å². The fraction of sp³-hybridized carbons (Fsp3) is 0. The number of hydrogen-bond acceptors (Lipinski definition) is 3. The summed E-state index contributed by atoms with van der Waals surface area (Å²) in [5.74, 6) is 0.750. The van der Waals surface area contributed by atoms with E-state index < -0.39 is 0 Å². The minimum Gasteiger partial charge on any atom is -0.299 e. The highest BCUT2D eigenvalue weighted by atomic mass is 32.1. The van der Waals surface area contributed by atoms with Crippen molar-refractivity contribution in [2.75, 3.05) is 0 Å². The molecule has 2 aromatic carbocycles. The lowest BCUT2D eigenvalue weighted by atomic mass is 10.2. The largest absolute Gasteiger partial charge is 0.299 e. The third-order valence-corrected chi connectivity index (χ3v) is 3.30. The van der Waals surface area contributed by atoms with Crippen LogP contribution in [-0.2, 0) is 0 Å². The lowest BCUT2D eigenvalue weighted by molar-refractivity contribution is 0.111. The number of aromatic nitrogens is 2. The summed E-state index contributed by atoms with van der Waals surface area (Å²) in [5, 5.41) is 0. The zero-order valence-electron chi connectivity index (χ0n) is 10.6. The molecule has 0 N–H and O–H groups in total. The number of thiol groups is 1. The number of benzene rings is 2. The molecule has 3 nitrogen and oxygen atoms in total. The molecule has 3 aromatic rings. The third-order valence-electron chi connectivity index (χ3n) is 3.01. The van der Waals surface area contributed by atoms with E-state index in [2.05, 4.69) is 17.6 Å². The van der Waals surface area contributed by atoms with Gasteiger partial charge in [-0.25, -0.2) is 4.98 Å². The standard InChI is InChI=1S/C16H12N2OS/c19-11-13-10-18(14-6-8-15(20)9-7-14)16(17-13)12-4-2-1-3-5-12/h1-11,20H. The Hall–Kier alpha value is -2.33. The van der Waals surface area contributed by atoms with Gasteiger partial charge < -0.3 is 0 Å². The van der Waals surface area contributed by atoms with Crippen LogP contribution in [-0.4, -0.2) is 15.8 Å². The molecule has 3 rings (SSSR count). The van der Waals surface area contributed by atoms with Crippen molar-refractivity contribution in [3.63, 3.8) is 0 Å². The molecule has 0 aliphatic carbocycles. The predicted octanol–water partition coefficient (Wildman–Crippen LogP) is 3.64. The smallest absolute Gasteiger partial charge is 0.170 e. The number of carbonyl (C=O) groups is 1. The van der Waals surface area contributed by atoms with Crippen molar-refractivity contribution in [1.29, 1.82) is 0 Å². The van der Waals surface area contributed by atoms with Crippen molar-refractivity contribution < 1.29 is 4.79 Å². The van der Waals surface area contributed by atoms with Gasteiger partial charge in [-0.15, -0.1) is 12.6 Å². The number of aldehydes is 1. The van der Waals surface area contributed by atoms with Crippen LogP contribution in [0.5, 0.6) is 0 Å². The Bertz CT molecular complexity index is 733. The van der Waals surface area contributed by atoms with Gasteiger partial charge in [0.2, 0.25) is 0 Å². The molecule has 4 heteroatoms. The molecule has 0 saturated carbocycles. The number of hydrogen-bond donors (Lipinski definition) is 1. The lowest BCUT2D eigenvalue weighted by Crippen LogP contribution is -1.95. The van der Waals surface area contributed by atoms with E-state index >= 15 is 0 Å². The summed E-state index contributed by atoms with van der Waals surface area (Å²) in [5.41, 5.74) is 2.33. The summed E-state index contributed by atoms with van der Waals surface area (Å²) in [6, 6.07) is 17.5. The van der Waals surface area contributed by atoms with Gasteiger partial charge in [0.15, 0.2) is 6.29 Å². The van der Waals surface area contributed by atoms with Gasteiger partial charge in [-0.05, 0) is 24.3 Å². The number of imidazole rings is 1. The van der Waals surface area contributed by atoms with Gasteiger partial charge in [0.05, 0.1) is 0 Å². The van der Waals surface area contributed by atoms with E-state index in [-0.39, 0.29) is 0 Å². The quantitative estimate of drug-likeness (QED) is 0.587. The molecule has 0 aliphatic rings. The zero-order valence-corrected chi connectivity index (χ0v) is 11.5. The fourth-order valence-electron chi connectivity index (χ4n) is 2.06. The van der Waals surface area contributed by atoms with Crippen molar-refractivity contribution in [1.82, 2.24) is 9.55 Å². The number of carbonyl (C=O) groups excluding carboxylic acids is 1. The van der Waals surface area contributed by atoms with Crippen LogP contribution in [0.4, 0.5) is 0 Å². The van der Waals surface area contributed by atoms with Gasteiger partial charge in [0.25, 0.3) is 0 Å². The minimum atomic E-state index is 0.416.